The van der Waals surface area contributed by atoms with Crippen molar-refractivity contribution in [3.8, 4) is 5.75 Å². The Balaban J connectivity index is 1.56. The van der Waals surface area contributed by atoms with Gasteiger partial charge in [-0.25, -0.2) is 9.82 Å². The summed E-state index contributed by atoms with van der Waals surface area (Å²) in [4.78, 5) is 24.4. The van der Waals surface area contributed by atoms with E-state index in [2.05, 4.69) is 15.8 Å². The summed E-state index contributed by atoms with van der Waals surface area (Å²) in [5, 5.41) is 6.60. The van der Waals surface area contributed by atoms with Crippen LogP contribution in [0.15, 0.2) is 77.9 Å². The first-order valence-corrected chi connectivity index (χ1v) is 8.69. The van der Waals surface area contributed by atoms with Crippen LogP contribution >= 0.6 is 0 Å². The summed E-state index contributed by atoms with van der Waals surface area (Å²) < 4.78 is 17.9. The fourth-order valence-corrected chi connectivity index (χ4v) is 2.43. The Hall–Kier alpha value is -4.00. The zero-order valence-electron chi connectivity index (χ0n) is 15.6. The molecule has 146 valence electrons. The number of nitrogens with one attached hydrogen (secondary N) is 2. The highest BCUT2D eigenvalue weighted by atomic mass is 19.1. The number of methoxy groups -OCH3 is 1. The number of hydrogen-bond donors (Lipinski definition) is 2. The smallest absolute Gasteiger partial charge is 0.271 e. The zero-order valence-corrected chi connectivity index (χ0v) is 15.6. The minimum absolute atomic E-state index is 0.270. The molecule has 2 N–H and O–H groups in total. The largest absolute Gasteiger partial charge is 0.497 e. The number of carbonyl (C=O) groups excluding carboxylic acids is 2. The molecule has 29 heavy (non-hydrogen) atoms. The van der Waals surface area contributed by atoms with Crippen molar-refractivity contribution in [2.24, 2.45) is 5.10 Å². The van der Waals surface area contributed by atoms with Gasteiger partial charge < -0.3 is 10.1 Å². The van der Waals surface area contributed by atoms with Crippen LogP contribution in [0.4, 0.5) is 10.1 Å². The maximum atomic E-state index is 12.9. The van der Waals surface area contributed by atoms with E-state index in [9.17, 15) is 14.0 Å². The van der Waals surface area contributed by atoms with Crippen molar-refractivity contribution in [1.29, 1.82) is 0 Å². The number of benzene rings is 3. The first-order valence-electron chi connectivity index (χ1n) is 8.69. The molecule has 2 amide bonds. The minimum atomic E-state index is -0.406. The molecule has 0 radical (unpaired) electrons. The summed E-state index contributed by atoms with van der Waals surface area (Å²) in [7, 11) is 1.56. The van der Waals surface area contributed by atoms with Gasteiger partial charge in [0.05, 0.1) is 13.3 Å². The van der Waals surface area contributed by atoms with Crippen LogP contribution < -0.4 is 15.5 Å². The van der Waals surface area contributed by atoms with Crippen molar-refractivity contribution in [1.82, 2.24) is 5.43 Å². The van der Waals surface area contributed by atoms with E-state index in [4.69, 9.17) is 4.74 Å². The fraction of sp³-hybridized carbons (Fsp3) is 0.0455. The summed E-state index contributed by atoms with van der Waals surface area (Å²) >= 11 is 0. The Morgan fingerprint density at radius 1 is 0.862 bits per heavy atom. The van der Waals surface area contributed by atoms with E-state index in [0.717, 1.165) is 0 Å². The zero-order chi connectivity index (χ0) is 20.6. The lowest BCUT2D eigenvalue weighted by molar-refractivity contribution is 0.0954. The van der Waals surface area contributed by atoms with Crippen molar-refractivity contribution in [2.75, 3.05) is 12.4 Å². The molecule has 0 saturated carbocycles. The molecule has 0 unspecified atom stereocenters. The molecule has 0 saturated heterocycles. The van der Waals surface area contributed by atoms with Crippen molar-refractivity contribution < 1.29 is 18.7 Å². The normalized spacial score (nSPS) is 10.6. The standard InChI is InChI=1S/C22H18FN3O3/c1-29-20-12-6-16(7-13-20)21(27)25-19-10-4-17(5-11-19)22(28)26-24-14-15-2-8-18(23)9-3-15/h2-14H,1H3,(H,25,27)(H,26,28)/b24-14-. The predicted molar refractivity (Wildman–Crippen MR) is 109 cm³/mol. The highest BCUT2D eigenvalue weighted by molar-refractivity contribution is 6.04. The summed E-state index contributed by atoms with van der Waals surface area (Å²) in [5.41, 5.74) is 4.47. The number of anilines is 1. The second kappa shape index (κ2) is 9.27. The van der Waals surface area contributed by atoms with Crippen molar-refractivity contribution in [2.45, 2.75) is 0 Å². The van der Waals surface area contributed by atoms with Gasteiger partial charge in [0.2, 0.25) is 0 Å². The molecular weight excluding hydrogens is 373 g/mol. The third-order valence-electron chi connectivity index (χ3n) is 4.01. The van der Waals surface area contributed by atoms with Gasteiger partial charge in [-0.2, -0.15) is 5.10 Å². The van der Waals surface area contributed by atoms with E-state index in [1.807, 2.05) is 0 Å². The molecule has 3 rings (SSSR count). The molecule has 0 atom stereocenters. The first kappa shape index (κ1) is 19.8. The highest BCUT2D eigenvalue weighted by Gasteiger charge is 2.08. The van der Waals surface area contributed by atoms with Crippen molar-refractivity contribution in [3.05, 3.63) is 95.3 Å². The lowest BCUT2D eigenvalue weighted by Gasteiger charge is -2.07. The van der Waals surface area contributed by atoms with Crippen LogP contribution in [0.3, 0.4) is 0 Å². The van der Waals surface area contributed by atoms with Crippen LogP contribution in [0.1, 0.15) is 26.3 Å². The van der Waals surface area contributed by atoms with Crippen molar-refractivity contribution in [3.63, 3.8) is 0 Å². The van der Waals surface area contributed by atoms with E-state index in [1.54, 1.807) is 67.8 Å². The second-order valence-corrected chi connectivity index (χ2v) is 6.01. The van der Waals surface area contributed by atoms with Crippen LogP contribution in [-0.4, -0.2) is 25.1 Å². The number of hydrogen-bond acceptors (Lipinski definition) is 4. The van der Waals surface area contributed by atoms with E-state index in [-0.39, 0.29) is 11.7 Å². The molecular formula is C22H18FN3O3. The molecule has 0 bridgehead atoms. The molecule has 0 aliphatic rings. The Labute approximate surface area is 167 Å². The first-order chi connectivity index (χ1) is 14.0. The third kappa shape index (κ3) is 5.49. The number of rotatable bonds is 6. The molecule has 0 aliphatic carbocycles. The molecule has 0 aromatic heterocycles. The monoisotopic (exact) mass is 391 g/mol. The number of nitrogens with zero attached hydrogens (tertiary/aromatic N) is 1. The number of halogens is 1. The molecule has 6 nitrogen and oxygen atoms in total. The van der Waals surface area contributed by atoms with Crippen LogP contribution in [0.5, 0.6) is 5.75 Å². The summed E-state index contributed by atoms with van der Waals surface area (Å²) in [6.07, 6.45) is 1.42. The van der Waals surface area contributed by atoms with Crippen LogP contribution in [-0.2, 0) is 0 Å². The average molecular weight is 391 g/mol. The summed E-state index contributed by atoms with van der Waals surface area (Å²) in [6.45, 7) is 0. The quantitative estimate of drug-likeness (QED) is 0.495. The average Bonchev–Trinajstić information content (AvgIpc) is 2.75. The maximum absolute atomic E-state index is 12.9. The van der Waals surface area contributed by atoms with Gasteiger partial charge in [-0.1, -0.05) is 12.1 Å². The number of ether oxygens (including phenoxy) is 1. The topological polar surface area (TPSA) is 79.8 Å². The molecule has 0 spiro atoms. The van der Waals surface area contributed by atoms with E-state index in [0.29, 0.717) is 28.1 Å². The second-order valence-electron chi connectivity index (χ2n) is 6.01. The Morgan fingerprint density at radius 3 is 2.07 bits per heavy atom. The predicted octanol–water partition coefficient (Wildman–Crippen LogP) is 3.85. The molecule has 3 aromatic rings. The maximum Gasteiger partial charge on any atom is 0.271 e. The van der Waals surface area contributed by atoms with Crippen molar-refractivity contribution >= 4 is 23.7 Å². The van der Waals surface area contributed by atoms with Gasteiger partial charge in [-0.3, -0.25) is 9.59 Å². The van der Waals surface area contributed by atoms with E-state index < -0.39 is 5.91 Å². The number of carbonyl (C=O) groups is 2. The fourth-order valence-electron chi connectivity index (χ4n) is 2.43. The number of amides is 2. The van der Waals surface area contributed by atoms with Gasteiger partial charge in [0.15, 0.2) is 0 Å². The van der Waals surface area contributed by atoms with Gasteiger partial charge >= 0.3 is 0 Å². The Kier molecular flexibility index (Phi) is 6.32. The molecule has 0 fully saturated rings. The van der Waals surface area contributed by atoms with Gasteiger partial charge in [-0.15, -0.1) is 0 Å². The van der Waals surface area contributed by atoms with Crippen LogP contribution in [0.25, 0.3) is 0 Å². The van der Waals surface area contributed by atoms with Gasteiger partial charge in [0, 0.05) is 16.8 Å². The van der Waals surface area contributed by atoms with Gasteiger partial charge in [-0.05, 0) is 66.2 Å². The Bertz CT molecular complexity index is 1010. The molecule has 0 heterocycles. The minimum Gasteiger partial charge on any atom is -0.497 e. The lowest BCUT2D eigenvalue weighted by Crippen LogP contribution is -2.17. The van der Waals surface area contributed by atoms with Crippen LogP contribution in [0.2, 0.25) is 0 Å². The third-order valence-corrected chi connectivity index (χ3v) is 4.01. The highest BCUT2D eigenvalue weighted by Crippen LogP contribution is 2.14. The Morgan fingerprint density at radius 2 is 1.45 bits per heavy atom. The van der Waals surface area contributed by atoms with Gasteiger partial charge in [0.1, 0.15) is 11.6 Å². The van der Waals surface area contributed by atoms with E-state index in [1.165, 1.54) is 18.3 Å². The lowest BCUT2D eigenvalue weighted by atomic mass is 10.1. The SMILES string of the molecule is COc1ccc(C(=O)Nc2ccc(C(=O)N/N=C\c3ccc(F)cc3)cc2)cc1. The van der Waals surface area contributed by atoms with Gasteiger partial charge in [0.25, 0.3) is 11.8 Å². The molecule has 7 heteroatoms. The van der Waals surface area contributed by atoms with E-state index >= 15 is 0 Å². The summed E-state index contributed by atoms with van der Waals surface area (Å²) in [6, 6.07) is 18.8. The van der Waals surface area contributed by atoms with Crippen LogP contribution in [0, 0.1) is 5.82 Å². The molecule has 0 aliphatic heterocycles. The molecule has 3 aromatic carbocycles. The number of hydrazone groups is 1. The summed E-state index contributed by atoms with van der Waals surface area (Å²) in [5.74, 6) is -0.352.